The first-order chi connectivity index (χ1) is 8.16. The number of anilines is 1. The van der Waals surface area contributed by atoms with Gasteiger partial charge in [-0.05, 0) is 40.5 Å². The first-order valence-electron chi connectivity index (χ1n) is 5.24. The minimum absolute atomic E-state index is 0.460. The van der Waals surface area contributed by atoms with Crippen molar-refractivity contribution in [3.8, 4) is 5.75 Å². The van der Waals surface area contributed by atoms with E-state index in [2.05, 4.69) is 20.9 Å². The predicted molar refractivity (Wildman–Crippen MR) is 71.9 cm³/mol. The second-order valence-corrected chi connectivity index (χ2v) is 4.71. The Morgan fingerprint density at radius 3 is 2.88 bits per heavy atom. The summed E-state index contributed by atoms with van der Waals surface area (Å²) >= 11 is 3.37. The van der Waals surface area contributed by atoms with Crippen LogP contribution < -0.4 is 10.5 Å². The van der Waals surface area contributed by atoms with Crippen molar-refractivity contribution in [1.82, 2.24) is 4.98 Å². The third-order valence-corrected chi connectivity index (χ3v) is 2.82. The zero-order valence-corrected chi connectivity index (χ0v) is 11.1. The summed E-state index contributed by atoms with van der Waals surface area (Å²) in [6, 6.07) is 7.70. The molecule has 2 aromatic rings. The van der Waals surface area contributed by atoms with E-state index in [1.165, 1.54) is 0 Å². The summed E-state index contributed by atoms with van der Waals surface area (Å²) in [6.07, 6.45) is 3.52. The second kappa shape index (κ2) is 5.19. The van der Waals surface area contributed by atoms with E-state index < -0.39 is 0 Å². The van der Waals surface area contributed by atoms with E-state index in [1.807, 2.05) is 31.2 Å². The summed E-state index contributed by atoms with van der Waals surface area (Å²) in [6.45, 7) is 2.44. The number of nitrogen functional groups attached to an aromatic ring is 1. The molecule has 0 aliphatic heterocycles. The number of aromatic nitrogens is 1. The number of benzene rings is 1. The quantitative estimate of drug-likeness (QED) is 0.883. The third kappa shape index (κ3) is 2.97. The summed E-state index contributed by atoms with van der Waals surface area (Å²) in [5.41, 5.74) is 8.56. The zero-order valence-electron chi connectivity index (χ0n) is 9.48. The van der Waals surface area contributed by atoms with Crippen LogP contribution in [0, 0.1) is 6.92 Å². The van der Waals surface area contributed by atoms with Crippen LogP contribution in [-0.2, 0) is 6.61 Å². The first kappa shape index (κ1) is 11.9. The number of ether oxygens (including phenoxy) is 1. The minimum Gasteiger partial charge on any atom is -0.486 e. The van der Waals surface area contributed by atoms with E-state index in [4.69, 9.17) is 10.5 Å². The fourth-order valence-corrected chi connectivity index (χ4v) is 1.97. The molecule has 0 spiro atoms. The highest BCUT2D eigenvalue weighted by Gasteiger charge is 2.04. The van der Waals surface area contributed by atoms with Gasteiger partial charge in [0.05, 0.1) is 5.69 Å². The number of para-hydroxylation sites is 1. The number of hydrogen-bond acceptors (Lipinski definition) is 3. The van der Waals surface area contributed by atoms with E-state index in [1.54, 1.807) is 12.4 Å². The molecule has 2 N–H and O–H groups in total. The summed E-state index contributed by atoms with van der Waals surface area (Å²) in [4.78, 5) is 4.08. The number of hydrogen-bond donors (Lipinski definition) is 1. The molecule has 4 heteroatoms. The van der Waals surface area contributed by atoms with Gasteiger partial charge in [0.15, 0.2) is 0 Å². The molecule has 0 atom stereocenters. The molecule has 1 aromatic heterocycles. The van der Waals surface area contributed by atoms with Crippen molar-refractivity contribution in [3.63, 3.8) is 0 Å². The lowest BCUT2D eigenvalue weighted by Crippen LogP contribution is -2.00. The fourth-order valence-electron chi connectivity index (χ4n) is 1.56. The maximum absolute atomic E-state index is 5.87. The van der Waals surface area contributed by atoms with Gasteiger partial charge in [0, 0.05) is 22.4 Å². The van der Waals surface area contributed by atoms with E-state index >= 15 is 0 Å². The Balaban J connectivity index is 2.13. The Morgan fingerprint density at radius 2 is 2.18 bits per heavy atom. The number of halogens is 1. The number of nitrogens with two attached hydrogens (primary N) is 1. The van der Waals surface area contributed by atoms with Gasteiger partial charge in [-0.2, -0.15) is 0 Å². The zero-order chi connectivity index (χ0) is 12.3. The SMILES string of the molecule is Cc1cccc(N)c1OCc1cncc(Br)c1. The molecule has 0 saturated carbocycles. The Morgan fingerprint density at radius 1 is 1.35 bits per heavy atom. The highest BCUT2D eigenvalue weighted by molar-refractivity contribution is 9.10. The molecule has 88 valence electrons. The lowest BCUT2D eigenvalue weighted by molar-refractivity contribution is 0.305. The van der Waals surface area contributed by atoms with Crippen molar-refractivity contribution in [3.05, 3.63) is 52.3 Å². The normalized spacial score (nSPS) is 10.2. The lowest BCUT2D eigenvalue weighted by Gasteiger charge is -2.11. The largest absolute Gasteiger partial charge is 0.486 e. The Labute approximate surface area is 109 Å². The number of nitrogens with zero attached hydrogens (tertiary/aromatic N) is 1. The van der Waals surface area contributed by atoms with Crippen LogP contribution in [0.3, 0.4) is 0 Å². The molecule has 1 aromatic carbocycles. The second-order valence-electron chi connectivity index (χ2n) is 3.79. The number of pyridine rings is 1. The summed E-state index contributed by atoms with van der Waals surface area (Å²) in [5, 5.41) is 0. The van der Waals surface area contributed by atoms with Crippen LogP contribution in [0.1, 0.15) is 11.1 Å². The average molecular weight is 293 g/mol. The highest BCUT2D eigenvalue weighted by atomic mass is 79.9. The van der Waals surface area contributed by atoms with Gasteiger partial charge in [0.2, 0.25) is 0 Å². The van der Waals surface area contributed by atoms with Crippen LogP contribution in [0.25, 0.3) is 0 Å². The Hall–Kier alpha value is -1.55. The summed E-state index contributed by atoms with van der Waals surface area (Å²) in [7, 11) is 0. The van der Waals surface area contributed by atoms with Gasteiger partial charge in [-0.3, -0.25) is 4.98 Å². The van der Waals surface area contributed by atoms with Crippen LogP contribution in [0.2, 0.25) is 0 Å². The Bertz CT molecular complexity index is 508. The molecule has 0 aliphatic rings. The molecular formula is C13H13BrN2O. The maximum Gasteiger partial charge on any atom is 0.145 e. The third-order valence-electron chi connectivity index (χ3n) is 2.39. The molecule has 17 heavy (non-hydrogen) atoms. The molecule has 0 fully saturated rings. The molecule has 0 amide bonds. The van der Waals surface area contributed by atoms with Crippen LogP contribution >= 0.6 is 15.9 Å². The molecule has 3 nitrogen and oxygen atoms in total. The number of rotatable bonds is 3. The molecule has 0 radical (unpaired) electrons. The molecule has 1 heterocycles. The van der Waals surface area contributed by atoms with Gasteiger partial charge >= 0.3 is 0 Å². The molecular weight excluding hydrogens is 280 g/mol. The van der Waals surface area contributed by atoms with Gasteiger partial charge in [0.1, 0.15) is 12.4 Å². The van der Waals surface area contributed by atoms with Crippen molar-refractivity contribution in [2.75, 3.05) is 5.73 Å². The van der Waals surface area contributed by atoms with E-state index in [9.17, 15) is 0 Å². The van der Waals surface area contributed by atoms with Crippen LogP contribution in [0.15, 0.2) is 41.1 Å². The van der Waals surface area contributed by atoms with E-state index in [0.29, 0.717) is 12.3 Å². The van der Waals surface area contributed by atoms with Crippen molar-refractivity contribution >= 4 is 21.6 Å². The molecule has 0 aliphatic carbocycles. The van der Waals surface area contributed by atoms with E-state index in [-0.39, 0.29) is 0 Å². The average Bonchev–Trinajstić information content (AvgIpc) is 2.28. The van der Waals surface area contributed by atoms with Crippen molar-refractivity contribution in [2.45, 2.75) is 13.5 Å². The monoisotopic (exact) mass is 292 g/mol. The van der Waals surface area contributed by atoms with E-state index in [0.717, 1.165) is 21.3 Å². The summed E-state index contributed by atoms with van der Waals surface area (Å²) < 4.78 is 6.66. The van der Waals surface area contributed by atoms with Crippen molar-refractivity contribution < 1.29 is 4.74 Å². The molecule has 0 unspecified atom stereocenters. The van der Waals surface area contributed by atoms with Crippen molar-refractivity contribution in [1.29, 1.82) is 0 Å². The van der Waals surface area contributed by atoms with Crippen molar-refractivity contribution in [2.24, 2.45) is 0 Å². The van der Waals surface area contributed by atoms with Crippen LogP contribution in [0.4, 0.5) is 5.69 Å². The summed E-state index contributed by atoms with van der Waals surface area (Å²) in [5.74, 6) is 0.743. The standard InChI is InChI=1S/C13H13BrN2O/c1-9-3-2-4-12(15)13(9)17-8-10-5-11(14)7-16-6-10/h2-7H,8,15H2,1H3. The maximum atomic E-state index is 5.87. The molecule has 0 saturated heterocycles. The van der Waals surface area contributed by atoms with Gasteiger partial charge in [-0.25, -0.2) is 0 Å². The topological polar surface area (TPSA) is 48.1 Å². The van der Waals surface area contributed by atoms with Gasteiger partial charge in [-0.15, -0.1) is 0 Å². The first-order valence-corrected chi connectivity index (χ1v) is 6.03. The minimum atomic E-state index is 0.460. The highest BCUT2D eigenvalue weighted by Crippen LogP contribution is 2.26. The van der Waals surface area contributed by atoms with Gasteiger partial charge in [-0.1, -0.05) is 12.1 Å². The van der Waals surface area contributed by atoms with Gasteiger partial charge in [0.25, 0.3) is 0 Å². The van der Waals surface area contributed by atoms with Crippen LogP contribution in [-0.4, -0.2) is 4.98 Å². The smallest absolute Gasteiger partial charge is 0.145 e. The predicted octanol–water partition coefficient (Wildman–Crippen LogP) is 3.31. The number of aryl methyl sites for hydroxylation is 1. The molecule has 2 rings (SSSR count). The van der Waals surface area contributed by atoms with Gasteiger partial charge < -0.3 is 10.5 Å². The Kier molecular flexibility index (Phi) is 3.64. The molecule has 0 bridgehead atoms. The van der Waals surface area contributed by atoms with Crippen LogP contribution in [0.5, 0.6) is 5.75 Å². The fraction of sp³-hybridized carbons (Fsp3) is 0.154. The lowest BCUT2D eigenvalue weighted by atomic mass is 10.2.